The van der Waals surface area contributed by atoms with Gasteiger partial charge in [0.1, 0.15) is 0 Å². The first kappa shape index (κ1) is 20.9. The largest absolute Gasteiger partial charge is 0.345 e. The molecular weight excluding hydrogens is 380 g/mol. The SMILES string of the molecule is CCCCN(Cc1cccn1Cc1ccccc1Cl)C(=O)/C=C/c1ccccc1. The maximum absolute atomic E-state index is 12.9. The number of hydrogen-bond acceptors (Lipinski definition) is 1. The molecule has 1 amide bonds. The van der Waals surface area contributed by atoms with E-state index in [9.17, 15) is 4.79 Å². The number of nitrogens with zero attached hydrogens (tertiary/aromatic N) is 2. The molecule has 1 heterocycles. The van der Waals surface area contributed by atoms with E-state index in [1.165, 1.54) is 0 Å². The van der Waals surface area contributed by atoms with Crippen molar-refractivity contribution < 1.29 is 4.79 Å². The quantitative estimate of drug-likeness (QED) is 0.398. The molecule has 3 rings (SSSR count). The average molecular weight is 407 g/mol. The lowest BCUT2D eigenvalue weighted by Gasteiger charge is -2.22. The zero-order chi connectivity index (χ0) is 20.5. The molecular formula is C25H27ClN2O. The number of carbonyl (C=O) groups is 1. The number of halogens is 1. The summed E-state index contributed by atoms with van der Waals surface area (Å²) in [5, 5.41) is 0.761. The van der Waals surface area contributed by atoms with Gasteiger partial charge in [-0.15, -0.1) is 0 Å². The summed E-state index contributed by atoms with van der Waals surface area (Å²) in [4.78, 5) is 14.8. The van der Waals surface area contributed by atoms with Gasteiger partial charge in [-0.25, -0.2) is 0 Å². The first-order chi connectivity index (χ1) is 14.2. The van der Waals surface area contributed by atoms with Crippen molar-refractivity contribution >= 4 is 23.6 Å². The predicted molar refractivity (Wildman–Crippen MR) is 121 cm³/mol. The summed E-state index contributed by atoms with van der Waals surface area (Å²) in [6.07, 6.45) is 7.63. The molecule has 0 aliphatic rings. The molecule has 150 valence electrons. The molecule has 0 fully saturated rings. The molecule has 0 radical (unpaired) electrons. The van der Waals surface area contributed by atoms with Gasteiger partial charge in [0, 0.05) is 36.1 Å². The van der Waals surface area contributed by atoms with Crippen molar-refractivity contribution in [2.45, 2.75) is 32.9 Å². The van der Waals surface area contributed by atoms with E-state index in [1.807, 2.05) is 77.8 Å². The van der Waals surface area contributed by atoms with Crippen LogP contribution < -0.4 is 0 Å². The fourth-order valence-corrected chi connectivity index (χ4v) is 3.40. The Labute approximate surface area is 178 Å². The molecule has 0 bridgehead atoms. The molecule has 4 heteroatoms. The molecule has 0 aliphatic carbocycles. The van der Waals surface area contributed by atoms with Crippen LogP contribution in [0.1, 0.15) is 36.6 Å². The van der Waals surface area contributed by atoms with E-state index in [0.29, 0.717) is 13.1 Å². The summed E-state index contributed by atoms with van der Waals surface area (Å²) in [5.41, 5.74) is 3.20. The van der Waals surface area contributed by atoms with Crippen molar-refractivity contribution in [3.8, 4) is 0 Å². The topological polar surface area (TPSA) is 25.2 Å². The summed E-state index contributed by atoms with van der Waals surface area (Å²) >= 11 is 6.33. The molecule has 0 unspecified atom stereocenters. The standard InChI is InChI=1S/C25H27ClN2O/c1-2-3-17-28(25(29)16-15-21-10-5-4-6-11-21)20-23-13-9-18-27(23)19-22-12-7-8-14-24(22)26/h4-16,18H,2-3,17,19-20H2,1H3/b16-15+. The summed E-state index contributed by atoms with van der Waals surface area (Å²) in [5.74, 6) is 0.0350. The summed E-state index contributed by atoms with van der Waals surface area (Å²) in [6.45, 7) is 4.15. The second kappa shape index (κ2) is 10.7. The second-order valence-electron chi connectivity index (χ2n) is 7.08. The van der Waals surface area contributed by atoms with Gasteiger partial charge in [-0.2, -0.15) is 0 Å². The van der Waals surface area contributed by atoms with E-state index in [4.69, 9.17) is 11.6 Å². The zero-order valence-electron chi connectivity index (χ0n) is 16.8. The van der Waals surface area contributed by atoms with Crippen LogP contribution in [0.2, 0.25) is 5.02 Å². The van der Waals surface area contributed by atoms with Crippen LogP contribution in [0.25, 0.3) is 6.08 Å². The summed E-state index contributed by atoms with van der Waals surface area (Å²) in [6, 6.07) is 21.9. The average Bonchev–Trinajstić information content (AvgIpc) is 3.18. The van der Waals surface area contributed by atoms with E-state index < -0.39 is 0 Å². The summed E-state index contributed by atoms with van der Waals surface area (Å²) in [7, 11) is 0. The van der Waals surface area contributed by atoms with Crippen LogP contribution in [0.4, 0.5) is 0 Å². The van der Waals surface area contributed by atoms with Gasteiger partial charge in [-0.05, 0) is 41.8 Å². The summed E-state index contributed by atoms with van der Waals surface area (Å²) < 4.78 is 2.16. The van der Waals surface area contributed by atoms with Gasteiger partial charge in [0.05, 0.1) is 6.54 Å². The molecule has 0 aliphatic heterocycles. The molecule has 29 heavy (non-hydrogen) atoms. The van der Waals surface area contributed by atoms with Crippen molar-refractivity contribution in [1.29, 1.82) is 0 Å². The van der Waals surface area contributed by atoms with E-state index >= 15 is 0 Å². The van der Waals surface area contributed by atoms with Crippen LogP contribution in [-0.2, 0) is 17.9 Å². The fraction of sp³-hybridized carbons (Fsp3) is 0.240. The van der Waals surface area contributed by atoms with Crippen LogP contribution in [0, 0.1) is 0 Å². The van der Waals surface area contributed by atoms with Crippen LogP contribution >= 0.6 is 11.6 Å². The lowest BCUT2D eigenvalue weighted by Crippen LogP contribution is -2.31. The number of aromatic nitrogens is 1. The lowest BCUT2D eigenvalue weighted by atomic mass is 10.2. The molecule has 1 aromatic heterocycles. The molecule has 0 atom stereocenters. The molecule has 0 N–H and O–H groups in total. The van der Waals surface area contributed by atoms with Gasteiger partial charge in [0.25, 0.3) is 0 Å². The monoisotopic (exact) mass is 406 g/mol. The first-order valence-corrected chi connectivity index (χ1v) is 10.4. The van der Waals surface area contributed by atoms with Gasteiger partial charge < -0.3 is 9.47 Å². The Hall–Kier alpha value is -2.78. The van der Waals surface area contributed by atoms with Crippen molar-refractivity contribution in [2.24, 2.45) is 0 Å². The van der Waals surface area contributed by atoms with Crippen molar-refractivity contribution in [2.75, 3.05) is 6.54 Å². The molecule has 0 spiro atoms. The van der Waals surface area contributed by atoms with Gasteiger partial charge in [0.2, 0.25) is 5.91 Å². The van der Waals surface area contributed by atoms with Crippen molar-refractivity contribution in [3.63, 3.8) is 0 Å². The number of hydrogen-bond donors (Lipinski definition) is 0. The van der Waals surface area contributed by atoms with Crippen LogP contribution in [-0.4, -0.2) is 21.9 Å². The minimum Gasteiger partial charge on any atom is -0.345 e. The highest BCUT2D eigenvalue weighted by Crippen LogP contribution is 2.18. The normalized spacial score (nSPS) is 11.1. The van der Waals surface area contributed by atoms with Crippen LogP contribution in [0.5, 0.6) is 0 Å². The molecule has 3 nitrogen and oxygen atoms in total. The maximum atomic E-state index is 12.9. The Kier molecular flexibility index (Phi) is 7.71. The Bertz CT molecular complexity index is 946. The Morgan fingerprint density at radius 3 is 2.55 bits per heavy atom. The highest BCUT2D eigenvalue weighted by molar-refractivity contribution is 6.31. The van der Waals surface area contributed by atoms with Crippen molar-refractivity contribution in [3.05, 3.63) is 101 Å². The van der Waals surface area contributed by atoms with Gasteiger partial charge in [-0.1, -0.05) is 73.5 Å². The Morgan fingerprint density at radius 1 is 1.03 bits per heavy atom. The predicted octanol–water partition coefficient (Wildman–Crippen LogP) is 6.03. The van der Waals surface area contributed by atoms with Crippen LogP contribution in [0.3, 0.4) is 0 Å². The van der Waals surface area contributed by atoms with E-state index in [2.05, 4.69) is 17.6 Å². The molecule has 0 saturated heterocycles. The third-order valence-electron chi connectivity index (χ3n) is 4.89. The second-order valence-corrected chi connectivity index (χ2v) is 7.48. The zero-order valence-corrected chi connectivity index (χ0v) is 17.6. The highest BCUT2D eigenvalue weighted by atomic mass is 35.5. The number of unbranched alkanes of at least 4 members (excludes halogenated alkanes) is 1. The van der Waals surface area contributed by atoms with Crippen LogP contribution in [0.15, 0.2) is 79.0 Å². The Balaban J connectivity index is 1.73. The number of amides is 1. The highest BCUT2D eigenvalue weighted by Gasteiger charge is 2.14. The number of rotatable bonds is 9. The minimum atomic E-state index is 0.0350. The smallest absolute Gasteiger partial charge is 0.246 e. The third kappa shape index (κ3) is 6.10. The van der Waals surface area contributed by atoms with Crippen molar-refractivity contribution in [1.82, 2.24) is 9.47 Å². The maximum Gasteiger partial charge on any atom is 0.246 e. The van der Waals surface area contributed by atoms with Gasteiger partial charge >= 0.3 is 0 Å². The van der Waals surface area contributed by atoms with E-state index in [1.54, 1.807) is 6.08 Å². The van der Waals surface area contributed by atoms with Gasteiger partial charge in [-0.3, -0.25) is 4.79 Å². The van der Waals surface area contributed by atoms with E-state index in [-0.39, 0.29) is 5.91 Å². The lowest BCUT2D eigenvalue weighted by molar-refractivity contribution is -0.126. The van der Waals surface area contributed by atoms with Gasteiger partial charge in [0.15, 0.2) is 0 Å². The first-order valence-electron chi connectivity index (χ1n) is 10.1. The molecule has 0 saturated carbocycles. The molecule has 2 aromatic carbocycles. The van der Waals surface area contributed by atoms with E-state index in [0.717, 1.165) is 41.2 Å². The fourth-order valence-electron chi connectivity index (χ4n) is 3.21. The molecule has 3 aromatic rings. The Morgan fingerprint density at radius 2 is 1.79 bits per heavy atom. The number of benzene rings is 2. The minimum absolute atomic E-state index is 0.0350. The third-order valence-corrected chi connectivity index (χ3v) is 5.25. The number of carbonyl (C=O) groups excluding carboxylic acids is 1.